The Morgan fingerprint density at radius 2 is 2.04 bits per heavy atom. The fourth-order valence-corrected chi connectivity index (χ4v) is 3.79. The molecule has 1 saturated heterocycles. The van der Waals surface area contributed by atoms with Crippen molar-refractivity contribution in [2.24, 2.45) is 0 Å². The summed E-state index contributed by atoms with van der Waals surface area (Å²) in [6, 6.07) is 10.5. The SMILES string of the molecule is Cc1ccc2c(CC(=O)N3CCN([C@@H](C)c4cccnc4)CC3)coc2c1. The molecule has 3 aromatic rings. The van der Waals surface area contributed by atoms with Crippen LogP contribution in [0.25, 0.3) is 11.0 Å². The van der Waals surface area contributed by atoms with Gasteiger partial charge in [0.15, 0.2) is 0 Å². The summed E-state index contributed by atoms with van der Waals surface area (Å²) in [7, 11) is 0. The molecule has 3 heterocycles. The summed E-state index contributed by atoms with van der Waals surface area (Å²) in [5.41, 5.74) is 4.21. The van der Waals surface area contributed by atoms with Crippen LogP contribution in [0.15, 0.2) is 53.4 Å². The minimum Gasteiger partial charge on any atom is -0.464 e. The summed E-state index contributed by atoms with van der Waals surface area (Å²) in [6.45, 7) is 7.53. The highest BCUT2D eigenvalue weighted by Crippen LogP contribution is 2.24. The van der Waals surface area contributed by atoms with E-state index >= 15 is 0 Å². The molecule has 0 N–H and O–H groups in total. The number of benzene rings is 1. The molecule has 5 nitrogen and oxygen atoms in total. The van der Waals surface area contributed by atoms with Crippen molar-refractivity contribution in [3.63, 3.8) is 0 Å². The van der Waals surface area contributed by atoms with Gasteiger partial charge in [-0.05, 0) is 37.1 Å². The van der Waals surface area contributed by atoms with E-state index in [-0.39, 0.29) is 5.91 Å². The first kappa shape index (κ1) is 17.7. The van der Waals surface area contributed by atoms with Crippen LogP contribution in [0.1, 0.15) is 29.7 Å². The molecule has 1 aliphatic heterocycles. The summed E-state index contributed by atoms with van der Waals surface area (Å²) in [5.74, 6) is 0.173. The second kappa shape index (κ2) is 7.53. The van der Waals surface area contributed by atoms with Gasteiger partial charge in [0, 0.05) is 55.6 Å². The lowest BCUT2D eigenvalue weighted by atomic mass is 10.1. The molecule has 0 spiro atoms. The Bertz CT molecular complexity index is 927. The number of fused-ring (bicyclic) bond motifs is 1. The second-order valence-corrected chi connectivity index (χ2v) is 7.32. The lowest BCUT2D eigenvalue weighted by Crippen LogP contribution is -2.49. The van der Waals surface area contributed by atoms with Crippen molar-refractivity contribution in [2.75, 3.05) is 26.2 Å². The van der Waals surface area contributed by atoms with E-state index in [1.807, 2.05) is 36.2 Å². The molecule has 0 bridgehead atoms. The van der Waals surface area contributed by atoms with Crippen LogP contribution in [0.5, 0.6) is 0 Å². The average molecular weight is 363 g/mol. The lowest BCUT2D eigenvalue weighted by molar-refractivity contribution is -0.132. The molecule has 0 radical (unpaired) electrons. The molecule has 1 fully saturated rings. The predicted molar refractivity (Wildman–Crippen MR) is 105 cm³/mol. The fourth-order valence-electron chi connectivity index (χ4n) is 3.79. The van der Waals surface area contributed by atoms with E-state index in [2.05, 4.69) is 28.9 Å². The van der Waals surface area contributed by atoms with Gasteiger partial charge in [0.2, 0.25) is 5.91 Å². The van der Waals surface area contributed by atoms with E-state index in [1.54, 1.807) is 12.5 Å². The van der Waals surface area contributed by atoms with E-state index in [9.17, 15) is 4.79 Å². The highest BCUT2D eigenvalue weighted by molar-refractivity contribution is 5.88. The van der Waals surface area contributed by atoms with Gasteiger partial charge in [-0.2, -0.15) is 0 Å². The summed E-state index contributed by atoms with van der Waals surface area (Å²) in [4.78, 5) is 21.4. The van der Waals surface area contributed by atoms with Crippen molar-refractivity contribution < 1.29 is 9.21 Å². The number of furan rings is 1. The smallest absolute Gasteiger partial charge is 0.227 e. The normalized spacial score (nSPS) is 16.6. The number of carbonyl (C=O) groups is 1. The molecular weight excluding hydrogens is 338 g/mol. The largest absolute Gasteiger partial charge is 0.464 e. The average Bonchev–Trinajstić information content (AvgIpc) is 3.10. The maximum Gasteiger partial charge on any atom is 0.227 e. The van der Waals surface area contributed by atoms with Gasteiger partial charge in [-0.1, -0.05) is 18.2 Å². The zero-order valence-corrected chi connectivity index (χ0v) is 15.9. The standard InChI is InChI=1S/C22H25N3O2/c1-16-5-6-20-19(15-27-21(20)12-16)13-22(26)25-10-8-24(9-11-25)17(2)18-4-3-7-23-14-18/h3-7,12,14-15,17H,8-11,13H2,1-2H3/t17-/m0/s1. The van der Waals surface area contributed by atoms with Gasteiger partial charge < -0.3 is 9.32 Å². The second-order valence-electron chi connectivity index (χ2n) is 7.32. The Balaban J connectivity index is 1.37. The Kier molecular flexibility index (Phi) is 4.94. The van der Waals surface area contributed by atoms with Crippen LogP contribution in [-0.2, 0) is 11.2 Å². The molecule has 5 heteroatoms. The molecule has 1 amide bonds. The van der Waals surface area contributed by atoms with Crippen molar-refractivity contribution in [1.82, 2.24) is 14.8 Å². The van der Waals surface area contributed by atoms with Gasteiger partial charge >= 0.3 is 0 Å². The molecule has 4 rings (SSSR count). The van der Waals surface area contributed by atoms with Crippen molar-refractivity contribution in [3.05, 3.63) is 65.7 Å². The molecule has 1 aliphatic rings. The number of rotatable bonds is 4. The van der Waals surface area contributed by atoms with Crippen molar-refractivity contribution in [3.8, 4) is 0 Å². The van der Waals surface area contributed by atoms with Gasteiger partial charge in [-0.25, -0.2) is 0 Å². The van der Waals surface area contributed by atoms with E-state index < -0.39 is 0 Å². The highest BCUT2D eigenvalue weighted by atomic mass is 16.3. The maximum absolute atomic E-state index is 12.8. The van der Waals surface area contributed by atoms with Gasteiger partial charge in [0.25, 0.3) is 0 Å². The molecule has 27 heavy (non-hydrogen) atoms. The predicted octanol–water partition coefficient (Wildman–Crippen LogP) is 3.58. The van der Waals surface area contributed by atoms with Crippen LogP contribution < -0.4 is 0 Å². The fraction of sp³-hybridized carbons (Fsp3) is 0.364. The van der Waals surface area contributed by atoms with Gasteiger partial charge in [-0.15, -0.1) is 0 Å². The van der Waals surface area contributed by atoms with Gasteiger partial charge in [0.05, 0.1) is 12.7 Å². The number of piperazine rings is 1. The third-order valence-electron chi connectivity index (χ3n) is 5.53. The quantitative estimate of drug-likeness (QED) is 0.711. The van der Waals surface area contributed by atoms with Crippen LogP contribution in [0.4, 0.5) is 0 Å². The van der Waals surface area contributed by atoms with Crippen molar-refractivity contribution in [1.29, 1.82) is 0 Å². The third-order valence-corrected chi connectivity index (χ3v) is 5.53. The number of pyridine rings is 1. The number of aryl methyl sites for hydroxylation is 1. The Hall–Kier alpha value is -2.66. The first-order valence-electron chi connectivity index (χ1n) is 9.50. The van der Waals surface area contributed by atoms with Crippen molar-refractivity contribution >= 4 is 16.9 Å². The van der Waals surface area contributed by atoms with Crippen LogP contribution >= 0.6 is 0 Å². The number of hydrogen-bond donors (Lipinski definition) is 0. The molecular formula is C22H25N3O2. The van der Waals surface area contributed by atoms with Crippen LogP contribution in [-0.4, -0.2) is 46.9 Å². The first-order valence-corrected chi connectivity index (χ1v) is 9.50. The van der Waals surface area contributed by atoms with E-state index in [0.717, 1.165) is 48.3 Å². The molecule has 0 aliphatic carbocycles. The maximum atomic E-state index is 12.8. The Labute approximate surface area is 159 Å². The van der Waals surface area contributed by atoms with E-state index in [4.69, 9.17) is 4.42 Å². The molecule has 0 unspecified atom stereocenters. The number of carbonyl (C=O) groups excluding carboxylic acids is 1. The van der Waals surface area contributed by atoms with Gasteiger partial charge in [-0.3, -0.25) is 14.7 Å². The van der Waals surface area contributed by atoms with Gasteiger partial charge in [0.1, 0.15) is 5.58 Å². The lowest BCUT2D eigenvalue weighted by Gasteiger charge is -2.38. The number of aromatic nitrogens is 1. The number of hydrogen-bond acceptors (Lipinski definition) is 4. The molecule has 1 atom stereocenters. The zero-order valence-electron chi connectivity index (χ0n) is 15.9. The van der Waals surface area contributed by atoms with Crippen LogP contribution in [0, 0.1) is 6.92 Å². The molecule has 2 aromatic heterocycles. The zero-order chi connectivity index (χ0) is 18.8. The minimum atomic E-state index is 0.173. The van der Waals surface area contributed by atoms with Crippen LogP contribution in [0.2, 0.25) is 0 Å². The monoisotopic (exact) mass is 363 g/mol. The Morgan fingerprint density at radius 3 is 2.78 bits per heavy atom. The van der Waals surface area contributed by atoms with Crippen LogP contribution in [0.3, 0.4) is 0 Å². The summed E-state index contributed by atoms with van der Waals surface area (Å²) >= 11 is 0. The molecule has 140 valence electrons. The summed E-state index contributed by atoms with van der Waals surface area (Å²) < 4.78 is 5.63. The van der Waals surface area contributed by atoms with Crippen molar-refractivity contribution in [2.45, 2.75) is 26.3 Å². The molecule has 0 saturated carbocycles. The first-order chi connectivity index (χ1) is 13.1. The molecule has 1 aromatic carbocycles. The number of amides is 1. The number of nitrogens with zero attached hydrogens (tertiary/aromatic N) is 3. The third kappa shape index (κ3) is 3.74. The van der Waals surface area contributed by atoms with E-state index in [1.165, 1.54) is 5.56 Å². The minimum absolute atomic E-state index is 0.173. The summed E-state index contributed by atoms with van der Waals surface area (Å²) in [5, 5.41) is 1.04. The Morgan fingerprint density at radius 1 is 1.22 bits per heavy atom. The summed E-state index contributed by atoms with van der Waals surface area (Å²) in [6.07, 6.45) is 5.85. The highest BCUT2D eigenvalue weighted by Gasteiger charge is 2.25. The van der Waals surface area contributed by atoms with E-state index in [0.29, 0.717) is 12.5 Å². The topological polar surface area (TPSA) is 49.6 Å².